The van der Waals surface area contributed by atoms with Crippen LogP contribution in [0.2, 0.25) is 0 Å². The molecule has 0 heterocycles. The van der Waals surface area contributed by atoms with Gasteiger partial charge in [0.05, 0.1) is 42.3 Å². The lowest BCUT2D eigenvalue weighted by Gasteiger charge is -2.29. The topological polar surface area (TPSA) is 110 Å². The van der Waals surface area contributed by atoms with Gasteiger partial charge < -0.3 is 38.6 Å². The van der Waals surface area contributed by atoms with Gasteiger partial charge in [-0.25, -0.2) is 0 Å². The van der Waals surface area contributed by atoms with E-state index in [9.17, 15) is 19.8 Å². The molecule has 0 saturated heterocycles. The first-order valence-electron chi connectivity index (χ1n) is 15.3. The quantitative estimate of drug-likeness (QED) is 0.108. The van der Waals surface area contributed by atoms with Crippen LogP contribution < -0.4 is 10.2 Å². The van der Waals surface area contributed by atoms with Crippen LogP contribution in [0.5, 0.6) is 0 Å². The van der Waals surface area contributed by atoms with Gasteiger partial charge in [0.1, 0.15) is 25.3 Å². The molecule has 0 aliphatic carbocycles. The number of aliphatic carboxylic acids is 2. The van der Waals surface area contributed by atoms with E-state index in [1.165, 1.54) is 57.8 Å². The van der Waals surface area contributed by atoms with Crippen LogP contribution in [0.25, 0.3) is 0 Å². The smallest absolute Gasteiger partial charge is 0.112 e. The lowest BCUT2D eigenvalue weighted by Crippen LogP contribution is -2.44. The van der Waals surface area contributed by atoms with Crippen molar-refractivity contribution >= 4 is 11.9 Å². The molecule has 0 rings (SSSR count). The molecule has 0 saturated carbocycles. The molecule has 0 spiro atoms. The van der Waals surface area contributed by atoms with Crippen LogP contribution in [0.4, 0.5) is 0 Å². The number of carbonyl (C=O) groups is 2. The molecule has 0 radical (unpaired) electrons. The number of rotatable bonds is 24. The predicted molar refractivity (Wildman–Crippen MR) is 160 cm³/mol. The zero-order chi connectivity index (χ0) is 30.9. The molecule has 0 fully saturated rings. The minimum atomic E-state index is -1.20. The molecule has 2 atom stereocenters. The number of quaternary nitrogens is 2. The second kappa shape index (κ2) is 25.0. The van der Waals surface area contributed by atoms with Crippen molar-refractivity contribution in [1.82, 2.24) is 0 Å². The number of nitrogens with zero attached hydrogens (tertiary/aromatic N) is 2. The molecule has 1 N–H and O–H groups in total. The third-order valence-corrected chi connectivity index (χ3v) is 6.00. The maximum Gasteiger partial charge on any atom is 0.112 e. The Labute approximate surface area is 245 Å². The zero-order valence-electron chi connectivity index (χ0n) is 26.9. The largest absolute Gasteiger partial charge is 0.550 e. The highest BCUT2D eigenvalue weighted by atomic mass is 16.5. The van der Waals surface area contributed by atoms with Crippen LogP contribution in [0.1, 0.15) is 96.8 Å². The first-order chi connectivity index (χ1) is 18.7. The van der Waals surface area contributed by atoms with E-state index in [4.69, 9.17) is 9.84 Å². The van der Waals surface area contributed by atoms with E-state index < -0.39 is 18.0 Å². The highest BCUT2D eigenvalue weighted by Gasteiger charge is 2.19. The third-order valence-electron chi connectivity index (χ3n) is 6.00. The fourth-order valence-corrected chi connectivity index (χ4v) is 4.20. The van der Waals surface area contributed by atoms with Gasteiger partial charge in [-0.2, -0.15) is 0 Å². The van der Waals surface area contributed by atoms with Gasteiger partial charge >= 0.3 is 0 Å². The number of unbranched alkanes of at least 4 members (excludes halogenated alkanes) is 9. The molecule has 40 heavy (non-hydrogen) atoms. The molecule has 2 unspecified atom stereocenters. The summed E-state index contributed by atoms with van der Waals surface area (Å²) < 4.78 is 7.04. The Morgan fingerprint density at radius 1 is 0.700 bits per heavy atom. The monoisotopic (exact) mass is 570 g/mol. The van der Waals surface area contributed by atoms with Gasteiger partial charge in [-0.1, -0.05) is 69.8 Å². The maximum atomic E-state index is 10.9. The standard InChI is InChI=1S/C25H47NO3.C7H15NO3/c1-5-6-7-8-9-10-11-12-13-14-15-16-17-18-19-20-21-29-24(22-25(27)28)23-26(2,3)4;1-8(2,3)5-6(9)4-7(10)11/h9-10,12-13,24H,5-8,11,14-23H2,1-4H3;6,9H,4-5H2,1-3H3/b10-9-,13-12-;. The van der Waals surface area contributed by atoms with Crippen molar-refractivity contribution in [2.24, 2.45) is 0 Å². The molecule has 0 amide bonds. The lowest BCUT2D eigenvalue weighted by molar-refractivity contribution is -0.873. The van der Waals surface area contributed by atoms with Crippen LogP contribution in [0.15, 0.2) is 24.3 Å². The molecule has 0 aliphatic rings. The summed E-state index contributed by atoms with van der Waals surface area (Å²) in [6, 6.07) is 0. The summed E-state index contributed by atoms with van der Waals surface area (Å²) >= 11 is 0. The van der Waals surface area contributed by atoms with Crippen molar-refractivity contribution < 1.29 is 38.6 Å². The maximum absolute atomic E-state index is 10.9. The van der Waals surface area contributed by atoms with Crippen molar-refractivity contribution in [2.45, 2.75) is 109 Å². The number of carboxylic acids is 2. The summed E-state index contributed by atoms with van der Waals surface area (Å²) in [7, 11) is 11.8. The van der Waals surface area contributed by atoms with Crippen molar-refractivity contribution in [3.8, 4) is 0 Å². The zero-order valence-corrected chi connectivity index (χ0v) is 26.9. The highest BCUT2D eigenvalue weighted by molar-refractivity contribution is 5.65. The average molecular weight is 571 g/mol. The Kier molecular flexibility index (Phi) is 25.3. The van der Waals surface area contributed by atoms with Crippen LogP contribution in [-0.4, -0.2) is 100 Å². The van der Waals surface area contributed by atoms with Crippen LogP contribution in [0.3, 0.4) is 0 Å². The molecule has 8 heteroatoms. The summed E-state index contributed by atoms with van der Waals surface area (Å²) in [6.07, 6.45) is 22.5. The first-order valence-corrected chi connectivity index (χ1v) is 15.3. The highest BCUT2D eigenvalue weighted by Crippen LogP contribution is 2.10. The molecule has 0 aromatic rings. The van der Waals surface area contributed by atoms with Crippen molar-refractivity contribution in [3.63, 3.8) is 0 Å². The minimum absolute atomic E-state index is 0.0162. The number of likely N-dealkylation sites (N-methyl/N-ethyl adjacent to an activating group) is 2. The lowest BCUT2D eigenvalue weighted by atomic mass is 10.1. The Morgan fingerprint density at radius 3 is 1.65 bits per heavy atom. The molecular weight excluding hydrogens is 508 g/mol. The van der Waals surface area contributed by atoms with Crippen molar-refractivity contribution in [1.29, 1.82) is 0 Å². The number of aliphatic hydroxyl groups is 1. The molecule has 0 aliphatic heterocycles. The summed E-state index contributed by atoms with van der Waals surface area (Å²) in [6.45, 7) is 4.00. The van der Waals surface area contributed by atoms with E-state index in [2.05, 4.69) is 31.2 Å². The van der Waals surface area contributed by atoms with Gasteiger partial charge in [-0.15, -0.1) is 0 Å². The number of hydrogen-bond donors (Lipinski definition) is 1. The summed E-state index contributed by atoms with van der Waals surface area (Å²) in [5.74, 6) is -2.23. The molecular formula is C32H62N2O6. The summed E-state index contributed by atoms with van der Waals surface area (Å²) in [5.41, 5.74) is 0. The van der Waals surface area contributed by atoms with Gasteiger partial charge in [0.15, 0.2) is 0 Å². The fraction of sp³-hybridized carbons (Fsp3) is 0.812. The van der Waals surface area contributed by atoms with Crippen molar-refractivity contribution in [3.05, 3.63) is 24.3 Å². The number of carbonyl (C=O) groups excluding carboxylic acids is 2. The third kappa shape index (κ3) is 36.3. The van der Waals surface area contributed by atoms with E-state index in [1.54, 1.807) is 0 Å². The van der Waals surface area contributed by atoms with Crippen LogP contribution >= 0.6 is 0 Å². The van der Waals surface area contributed by atoms with Crippen LogP contribution in [0, 0.1) is 0 Å². The molecule has 0 bridgehead atoms. The summed E-state index contributed by atoms with van der Waals surface area (Å²) in [4.78, 5) is 20.9. The van der Waals surface area contributed by atoms with Gasteiger partial charge in [0, 0.05) is 31.4 Å². The van der Waals surface area contributed by atoms with Crippen molar-refractivity contribution in [2.75, 3.05) is 62.0 Å². The molecule has 8 nitrogen and oxygen atoms in total. The average Bonchev–Trinajstić information content (AvgIpc) is 2.78. The van der Waals surface area contributed by atoms with E-state index in [-0.39, 0.29) is 18.9 Å². The Hall–Kier alpha value is -1.74. The van der Waals surface area contributed by atoms with Gasteiger partial charge in [0.25, 0.3) is 0 Å². The fourth-order valence-electron chi connectivity index (χ4n) is 4.20. The van der Waals surface area contributed by atoms with E-state index >= 15 is 0 Å². The summed E-state index contributed by atoms with van der Waals surface area (Å²) in [5, 5.41) is 30.0. The van der Waals surface area contributed by atoms with E-state index in [1.807, 2.05) is 42.3 Å². The normalized spacial score (nSPS) is 13.8. The Morgan fingerprint density at radius 2 is 1.18 bits per heavy atom. The number of aliphatic hydroxyl groups excluding tert-OH is 1. The number of hydrogen-bond acceptors (Lipinski definition) is 6. The number of carboxylic acid groups (broad SMARTS) is 2. The Bertz CT molecular complexity index is 680. The van der Waals surface area contributed by atoms with Crippen LogP contribution in [-0.2, 0) is 14.3 Å². The first kappa shape index (κ1) is 40.4. The number of allylic oxidation sites excluding steroid dienone is 4. The van der Waals surface area contributed by atoms with E-state index in [0.717, 1.165) is 19.3 Å². The van der Waals surface area contributed by atoms with Gasteiger partial charge in [-0.3, -0.25) is 0 Å². The second-order valence-corrected chi connectivity index (χ2v) is 12.8. The molecule has 0 aromatic heterocycles. The second-order valence-electron chi connectivity index (χ2n) is 12.8. The SMILES string of the molecule is CCCCC/C=C\C/C=C\CCCCCCCCOC(CC(=O)[O-])C[N+](C)(C)C.C[N+](C)(C)CC(O)CC(=O)[O-]. The van der Waals surface area contributed by atoms with Gasteiger partial charge in [0.2, 0.25) is 0 Å². The minimum Gasteiger partial charge on any atom is -0.550 e. The Balaban J connectivity index is 0. The van der Waals surface area contributed by atoms with Gasteiger partial charge in [-0.05, 0) is 38.5 Å². The molecule has 236 valence electrons. The predicted octanol–water partition coefficient (Wildman–Crippen LogP) is 3.22. The van der Waals surface area contributed by atoms with E-state index in [0.29, 0.717) is 28.7 Å². The number of ether oxygens (including phenoxy) is 1. The molecule has 0 aromatic carbocycles.